The fourth-order valence-electron chi connectivity index (χ4n) is 6.66. The van der Waals surface area contributed by atoms with Gasteiger partial charge in [-0.2, -0.15) is 0 Å². The quantitative estimate of drug-likeness (QED) is 0.129. The summed E-state index contributed by atoms with van der Waals surface area (Å²) in [6.07, 6.45) is -4.72. The van der Waals surface area contributed by atoms with Crippen molar-refractivity contribution in [2.24, 2.45) is 0 Å². The molecule has 4 aliphatic heterocycles. The van der Waals surface area contributed by atoms with Crippen molar-refractivity contribution < 1.29 is 49.3 Å². The Balaban J connectivity index is 1.09. The van der Waals surface area contributed by atoms with Crippen LogP contribution in [0, 0.1) is 0 Å². The number of nitrogens with zero attached hydrogens (tertiary/aromatic N) is 7. The van der Waals surface area contributed by atoms with Crippen molar-refractivity contribution in [2.45, 2.75) is 68.5 Å². The van der Waals surface area contributed by atoms with Gasteiger partial charge in [-0.3, -0.25) is 32.0 Å². The zero-order valence-corrected chi connectivity index (χ0v) is 31.8. The minimum atomic E-state index is -4.40. The number of rotatable bonds is 5. The average molecular weight is 903 g/mol. The number of fused-ring (bicyclic) bond motifs is 4. The van der Waals surface area contributed by atoms with E-state index in [1.54, 1.807) is 29.2 Å². The Morgan fingerprint density at radius 1 is 1.00 bits per heavy atom. The van der Waals surface area contributed by atoms with Gasteiger partial charge in [0.2, 0.25) is 0 Å². The highest BCUT2D eigenvalue weighted by molar-refractivity contribution is 14.1. The monoisotopic (exact) mass is 902 g/mol. The molecule has 2 bridgehead atoms. The number of ether oxygens (including phenoxy) is 2. The van der Waals surface area contributed by atoms with Gasteiger partial charge in [-0.05, 0) is 18.4 Å². The molecule has 8 heterocycles. The molecule has 0 unspecified atom stereocenters. The summed E-state index contributed by atoms with van der Waals surface area (Å²) in [5.74, 6) is 0.610. The lowest BCUT2D eigenvalue weighted by Gasteiger charge is -2.26. The molecular formula is C26H30FIN8O11P2S2. The fraction of sp³-hybridized carbons (Fsp3) is 0.577. The van der Waals surface area contributed by atoms with Crippen LogP contribution in [-0.2, 0) is 52.7 Å². The molecule has 51 heavy (non-hydrogen) atoms. The number of nitrogens with one attached hydrogen (secondary N) is 1. The highest BCUT2D eigenvalue weighted by Gasteiger charge is 2.54. The maximum Gasteiger partial charge on any atom is 0.386 e. The fourth-order valence-corrected chi connectivity index (χ4v) is 9.80. The van der Waals surface area contributed by atoms with E-state index in [0.29, 0.717) is 24.4 Å². The summed E-state index contributed by atoms with van der Waals surface area (Å²) in [5, 5.41) is 15.3. The number of hydrogen-bond donors (Lipinski definition) is 4. The van der Waals surface area contributed by atoms with Gasteiger partial charge in [0, 0.05) is 12.7 Å². The molecule has 8 rings (SSSR count). The van der Waals surface area contributed by atoms with Crippen LogP contribution in [0.25, 0.3) is 22.2 Å². The van der Waals surface area contributed by atoms with Crippen molar-refractivity contribution in [1.29, 1.82) is 0 Å². The van der Waals surface area contributed by atoms with Crippen LogP contribution in [0.4, 0.5) is 10.2 Å². The molecule has 4 aliphatic rings. The van der Waals surface area contributed by atoms with Crippen LogP contribution in [-0.4, -0.2) is 102 Å². The normalized spacial score (nSPS) is 35.9. The molecule has 3 fully saturated rings. The van der Waals surface area contributed by atoms with Gasteiger partial charge >= 0.3 is 13.6 Å². The van der Waals surface area contributed by atoms with Crippen molar-refractivity contribution in [3.05, 3.63) is 41.1 Å². The number of imidazole rings is 1. The lowest BCUT2D eigenvalue weighted by molar-refractivity contribution is -0.0568. The highest BCUT2D eigenvalue weighted by Crippen LogP contribution is 2.60. The maximum absolute atomic E-state index is 16.4. The van der Waals surface area contributed by atoms with Gasteiger partial charge < -0.3 is 27.5 Å². The van der Waals surface area contributed by atoms with Crippen molar-refractivity contribution >= 4 is 89.1 Å². The molecule has 0 aliphatic carbocycles. The Labute approximate surface area is 311 Å². The summed E-state index contributed by atoms with van der Waals surface area (Å²) in [4.78, 5) is 30.3. The van der Waals surface area contributed by atoms with Crippen molar-refractivity contribution in [1.82, 2.24) is 33.6 Å². The molecule has 0 spiro atoms. The van der Waals surface area contributed by atoms with Gasteiger partial charge in [0.25, 0.3) is 5.56 Å². The van der Waals surface area contributed by atoms with Crippen molar-refractivity contribution in [2.75, 3.05) is 31.7 Å². The molecular weight excluding hydrogens is 872 g/mol. The first-order valence-corrected chi connectivity index (χ1v) is 21.9. The predicted molar refractivity (Wildman–Crippen MR) is 190 cm³/mol. The predicted octanol–water partition coefficient (Wildman–Crippen LogP) is 3.15. The number of alkyl halides is 1. The first-order chi connectivity index (χ1) is 24.4. The van der Waals surface area contributed by atoms with E-state index in [-0.39, 0.29) is 24.3 Å². The number of hydrogen-bond acceptors (Lipinski definition) is 16. The van der Waals surface area contributed by atoms with E-state index in [1.807, 2.05) is 0 Å². The third kappa shape index (κ3) is 6.80. The van der Waals surface area contributed by atoms with E-state index < -0.39 is 81.5 Å². The molecule has 10 atom stereocenters. The van der Waals surface area contributed by atoms with Gasteiger partial charge in [0.05, 0.1) is 38.1 Å². The van der Waals surface area contributed by atoms with Gasteiger partial charge in [0.1, 0.15) is 77.6 Å². The number of aryl methyl sites for hydroxylation is 1. The smallest absolute Gasteiger partial charge is 0.386 e. The summed E-state index contributed by atoms with van der Waals surface area (Å²) in [7, 11) is 0. The van der Waals surface area contributed by atoms with Crippen LogP contribution in [0.1, 0.15) is 24.4 Å². The van der Waals surface area contributed by atoms with Crippen LogP contribution < -0.4 is 10.9 Å². The number of aromatic nitrogens is 7. The summed E-state index contributed by atoms with van der Waals surface area (Å²) < 4.78 is 87.6. The zero-order chi connectivity index (χ0) is 35.7. The zero-order valence-electron chi connectivity index (χ0n) is 26.1. The summed E-state index contributed by atoms with van der Waals surface area (Å²) in [6, 6.07) is 0. The van der Waals surface area contributed by atoms with Gasteiger partial charge in [-0.25, -0.2) is 33.5 Å². The first-order valence-electron chi connectivity index (χ1n) is 15.6. The number of thiol groups is 2. The van der Waals surface area contributed by atoms with E-state index in [0.717, 1.165) is 17.4 Å². The second-order valence-corrected chi connectivity index (χ2v) is 18.5. The molecule has 2 N–H and O–H groups in total. The molecule has 19 nitrogen and oxygen atoms in total. The standard InChI is InChI=1S/C26H30FIN8O11P2S2/c27-16-19-14(45-25(16)35-6-12-2-1-3-29-21-15(12)22(35)31-9-30-21)8-43-49(40,51)47-20-18(37)13(7-42-48(39,50)46-19)44-26(20)36-11-32-17-23(36)33-10-34(24(17)38)4-5-41-28/h6,9-11,13-14,16,18-20,25-26,37H,1-5,7-8H2,(H,39,50)(H,40,51)(H,29,30,31)/t13-,14-,16-,18-,19-,20-,25-,26-,48+,49-/m1/s1. The second kappa shape index (κ2) is 14.2. The van der Waals surface area contributed by atoms with Crippen LogP contribution in [0.2, 0.25) is 0 Å². The summed E-state index contributed by atoms with van der Waals surface area (Å²) in [6.45, 7) is -8.82. The molecule has 276 valence electrons. The lowest BCUT2D eigenvalue weighted by atomic mass is 10.1. The topological polar surface area (TPSA) is 214 Å². The average Bonchev–Trinajstić information content (AvgIpc) is 3.80. The largest absolute Gasteiger partial charge is 0.387 e. The molecule has 0 radical (unpaired) electrons. The van der Waals surface area contributed by atoms with Crippen LogP contribution in [0.3, 0.4) is 0 Å². The summed E-state index contributed by atoms with van der Waals surface area (Å²) in [5.41, 5.74) is 0.880. The van der Waals surface area contributed by atoms with Crippen LogP contribution in [0.15, 0.2) is 30.0 Å². The molecule has 4 aromatic rings. The molecule has 25 heteroatoms. The Bertz CT molecular complexity index is 2130. The third-order valence-corrected chi connectivity index (χ3v) is 12.7. The summed E-state index contributed by atoms with van der Waals surface area (Å²) >= 11 is 9.95. The van der Waals surface area contributed by atoms with Crippen molar-refractivity contribution in [3.8, 4) is 0 Å². The number of aliphatic hydroxyl groups is 1. The third-order valence-electron chi connectivity index (χ3n) is 9.00. The lowest BCUT2D eigenvalue weighted by Crippen LogP contribution is -2.35. The van der Waals surface area contributed by atoms with E-state index in [4.69, 9.17) is 30.6 Å². The Morgan fingerprint density at radius 2 is 1.75 bits per heavy atom. The minimum Gasteiger partial charge on any atom is -0.387 e. The van der Waals surface area contributed by atoms with Gasteiger partial charge in [0.15, 0.2) is 29.8 Å². The Morgan fingerprint density at radius 3 is 2.53 bits per heavy atom. The van der Waals surface area contributed by atoms with Gasteiger partial charge in [-0.1, -0.05) is 24.5 Å². The SMILES string of the molecule is O=c1c2ncn([C@@H]3O[C@@H]4CO[P@](=O)(S)O[C@H]5[C@@H](F)[C@H](n6cc7c8c(ncnc86)NCCC7)O[C@@H]5CO[P@@](=O)(S)O[C@@H]3[C@@H]4O)c2ncn1CCOI. The van der Waals surface area contributed by atoms with E-state index in [9.17, 15) is 19.0 Å². The van der Waals surface area contributed by atoms with E-state index in [1.165, 1.54) is 32.7 Å². The minimum absolute atomic E-state index is 0.0195. The molecule has 4 aromatic heterocycles. The van der Waals surface area contributed by atoms with E-state index in [2.05, 4.69) is 49.7 Å². The number of halogens is 2. The maximum atomic E-state index is 16.4. The molecule has 3 saturated heterocycles. The molecule has 0 aromatic carbocycles. The molecule has 0 saturated carbocycles. The highest BCUT2D eigenvalue weighted by atomic mass is 127. The first kappa shape index (κ1) is 36.3. The number of anilines is 1. The molecule has 0 amide bonds. The Hall–Kier alpha value is -1.73. The van der Waals surface area contributed by atoms with E-state index >= 15 is 4.39 Å². The number of aliphatic hydroxyl groups excluding tert-OH is 1. The van der Waals surface area contributed by atoms with Gasteiger partial charge in [-0.15, -0.1) is 0 Å². The van der Waals surface area contributed by atoms with Crippen LogP contribution >= 0.6 is 61.1 Å². The second-order valence-electron chi connectivity index (χ2n) is 12.1. The van der Waals surface area contributed by atoms with Crippen LogP contribution in [0.5, 0.6) is 0 Å². The van der Waals surface area contributed by atoms with Crippen molar-refractivity contribution in [3.63, 3.8) is 0 Å². The Kier molecular flexibility index (Phi) is 10.1.